The average molecular weight is 254 g/mol. The Hall–Kier alpha value is -0.770. The van der Waals surface area contributed by atoms with Crippen molar-refractivity contribution >= 4 is 11.6 Å². The maximum atomic E-state index is 6.18. The Labute approximate surface area is 106 Å². The van der Waals surface area contributed by atoms with E-state index in [1.165, 1.54) is 0 Å². The van der Waals surface area contributed by atoms with E-state index >= 15 is 0 Å². The summed E-state index contributed by atoms with van der Waals surface area (Å²) in [5, 5.41) is 0.707. The smallest absolute Gasteiger partial charge is 0.127 e. The van der Waals surface area contributed by atoms with Crippen molar-refractivity contribution in [2.75, 3.05) is 6.61 Å². The topological polar surface area (TPSA) is 44.5 Å². The summed E-state index contributed by atoms with van der Waals surface area (Å²) >= 11 is 5.97. The molecule has 1 aromatic carbocycles. The van der Waals surface area contributed by atoms with Gasteiger partial charge in [0.1, 0.15) is 11.9 Å². The number of halogens is 1. The van der Waals surface area contributed by atoms with Gasteiger partial charge in [-0.2, -0.15) is 0 Å². The molecule has 4 heteroatoms. The molecule has 17 heavy (non-hydrogen) atoms. The van der Waals surface area contributed by atoms with E-state index in [2.05, 4.69) is 0 Å². The number of fused-ring (bicyclic) bond motifs is 1. The molecule has 0 spiro atoms. The van der Waals surface area contributed by atoms with E-state index < -0.39 is 0 Å². The SMILES string of the molecule is NC1CC(C2CCCO2)Oc2ccc(Cl)cc21. The van der Waals surface area contributed by atoms with Crippen LogP contribution in [0.2, 0.25) is 5.02 Å². The first-order valence-corrected chi connectivity index (χ1v) is 6.45. The van der Waals surface area contributed by atoms with Crippen molar-refractivity contribution in [2.24, 2.45) is 5.73 Å². The van der Waals surface area contributed by atoms with Gasteiger partial charge >= 0.3 is 0 Å². The Balaban J connectivity index is 1.84. The van der Waals surface area contributed by atoms with E-state index in [4.69, 9.17) is 26.8 Å². The molecule has 2 heterocycles. The molecule has 0 bridgehead atoms. The molecule has 2 aliphatic rings. The van der Waals surface area contributed by atoms with Crippen molar-refractivity contribution < 1.29 is 9.47 Å². The number of rotatable bonds is 1. The van der Waals surface area contributed by atoms with Gasteiger partial charge < -0.3 is 15.2 Å². The van der Waals surface area contributed by atoms with E-state index in [-0.39, 0.29) is 18.2 Å². The van der Waals surface area contributed by atoms with Crippen molar-refractivity contribution in [3.05, 3.63) is 28.8 Å². The van der Waals surface area contributed by atoms with Crippen LogP contribution < -0.4 is 10.5 Å². The van der Waals surface area contributed by atoms with Crippen LogP contribution in [0, 0.1) is 0 Å². The minimum Gasteiger partial charge on any atom is -0.487 e. The van der Waals surface area contributed by atoms with E-state index in [0.29, 0.717) is 5.02 Å². The zero-order chi connectivity index (χ0) is 11.8. The van der Waals surface area contributed by atoms with Crippen LogP contribution in [0.15, 0.2) is 18.2 Å². The molecule has 0 radical (unpaired) electrons. The van der Waals surface area contributed by atoms with Gasteiger partial charge in [0.25, 0.3) is 0 Å². The number of hydrogen-bond acceptors (Lipinski definition) is 3. The third kappa shape index (κ3) is 2.15. The van der Waals surface area contributed by atoms with Gasteiger partial charge in [0.05, 0.1) is 6.10 Å². The van der Waals surface area contributed by atoms with E-state index in [9.17, 15) is 0 Å². The van der Waals surface area contributed by atoms with Gasteiger partial charge in [-0.25, -0.2) is 0 Å². The molecule has 1 fully saturated rings. The monoisotopic (exact) mass is 253 g/mol. The summed E-state index contributed by atoms with van der Waals surface area (Å²) in [5.41, 5.74) is 7.19. The first-order chi connectivity index (χ1) is 8.24. The highest BCUT2D eigenvalue weighted by Gasteiger charge is 2.34. The molecule has 2 aliphatic heterocycles. The minimum atomic E-state index is -0.00773. The third-order valence-corrected chi connectivity index (χ3v) is 3.75. The summed E-state index contributed by atoms with van der Waals surface area (Å²) in [6.45, 7) is 0.841. The van der Waals surface area contributed by atoms with E-state index in [1.54, 1.807) is 0 Å². The van der Waals surface area contributed by atoms with Gasteiger partial charge in [0.2, 0.25) is 0 Å². The second kappa shape index (κ2) is 4.48. The lowest BCUT2D eigenvalue weighted by Gasteiger charge is -2.33. The molecule has 3 nitrogen and oxygen atoms in total. The Morgan fingerprint density at radius 1 is 1.29 bits per heavy atom. The highest BCUT2D eigenvalue weighted by atomic mass is 35.5. The summed E-state index contributed by atoms with van der Waals surface area (Å²) in [6.07, 6.45) is 3.28. The van der Waals surface area contributed by atoms with Gasteiger partial charge in [-0.05, 0) is 31.0 Å². The quantitative estimate of drug-likeness (QED) is 0.837. The van der Waals surface area contributed by atoms with Crippen molar-refractivity contribution in [1.29, 1.82) is 0 Å². The van der Waals surface area contributed by atoms with Gasteiger partial charge in [-0.1, -0.05) is 11.6 Å². The summed E-state index contributed by atoms with van der Waals surface area (Å²) in [6, 6.07) is 5.63. The van der Waals surface area contributed by atoms with Gasteiger partial charge in [-0.3, -0.25) is 0 Å². The maximum Gasteiger partial charge on any atom is 0.127 e. The van der Waals surface area contributed by atoms with Crippen molar-refractivity contribution in [2.45, 2.75) is 37.5 Å². The fourth-order valence-electron chi connectivity index (χ4n) is 2.63. The lowest BCUT2D eigenvalue weighted by Crippen LogP contribution is -2.38. The number of ether oxygens (including phenoxy) is 2. The molecule has 0 aromatic heterocycles. The maximum absolute atomic E-state index is 6.18. The van der Waals surface area contributed by atoms with Crippen LogP contribution in [0.5, 0.6) is 5.75 Å². The van der Waals surface area contributed by atoms with Gasteiger partial charge in [0.15, 0.2) is 0 Å². The molecule has 0 aliphatic carbocycles. The molecular weight excluding hydrogens is 238 g/mol. The number of hydrogen-bond donors (Lipinski definition) is 1. The van der Waals surface area contributed by atoms with E-state index in [1.807, 2.05) is 18.2 Å². The van der Waals surface area contributed by atoms with Crippen molar-refractivity contribution in [3.8, 4) is 5.75 Å². The van der Waals surface area contributed by atoms with Crippen LogP contribution in [0.25, 0.3) is 0 Å². The lowest BCUT2D eigenvalue weighted by atomic mass is 9.94. The van der Waals surface area contributed by atoms with Crippen LogP contribution in [-0.2, 0) is 4.74 Å². The van der Waals surface area contributed by atoms with Crippen LogP contribution in [0.3, 0.4) is 0 Å². The standard InChI is InChI=1S/C13H16ClNO2/c14-8-3-4-11-9(6-8)10(15)7-13(17-11)12-2-1-5-16-12/h3-4,6,10,12-13H,1-2,5,7,15H2. The Morgan fingerprint density at radius 3 is 2.94 bits per heavy atom. The van der Waals surface area contributed by atoms with Crippen LogP contribution >= 0.6 is 11.6 Å². The second-order valence-electron chi connectivity index (χ2n) is 4.73. The highest BCUT2D eigenvalue weighted by Crippen LogP contribution is 2.37. The fraction of sp³-hybridized carbons (Fsp3) is 0.538. The zero-order valence-corrected chi connectivity index (χ0v) is 10.3. The zero-order valence-electron chi connectivity index (χ0n) is 9.56. The predicted molar refractivity (Wildman–Crippen MR) is 66.4 cm³/mol. The molecular formula is C13H16ClNO2. The molecule has 2 N–H and O–H groups in total. The lowest BCUT2D eigenvalue weighted by molar-refractivity contribution is -0.00194. The Kier molecular flexibility index (Phi) is 2.99. The van der Waals surface area contributed by atoms with Crippen LogP contribution in [0.1, 0.15) is 30.9 Å². The second-order valence-corrected chi connectivity index (χ2v) is 5.17. The molecule has 0 saturated carbocycles. The van der Waals surface area contributed by atoms with Gasteiger partial charge in [0, 0.05) is 29.7 Å². The van der Waals surface area contributed by atoms with E-state index in [0.717, 1.165) is 37.2 Å². The van der Waals surface area contributed by atoms with Crippen molar-refractivity contribution in [1.82, 2.24) is 0 Å². The molecule has 3 atom stereocenters. The van der Waals surface area contributed by atoms with Crippen LogP contribution in [-0.4, -0.2) is 18.8 Å². The van der Waals surface area contributed by atoms with Gasteiger partial charge in [-0.15, -0.1) is 0 Å². The molecule has 3 rings (SSSR count). The average Bonchev–Trinajstić information content (AvgIpc) is 2.83. The fourth-order valence-corrected chi connectivity index (χ4v) is 2.81. The molecule has 0 amide bonds. The summed E-state index contributed by atoms with van der Waals surface area (Å²) < 4.78 is 11.7. The molecule has 1 aromatic rings. The Bertz CT molecular complexity index is 418. The summed E-state index contributed by atoms with van der Waals surface area (Å²) in [5.74, 6) is 0.855. The Morgan fingerprint density at radius 2 is 2.18 bits per heavy atom. The summed E-state index contributed by atoms with van der Waals surface area (Å²) in [4.78, 5) is 0. The predicted octanol–water partition coefficient (Wildman–Crippen LogP) is 2.67. The largest absolute Gasteiger partial charge is 0.487 e. The normalized spacial score (nSPS) is 32.0. The van der Waals surface area contributed by atoms with Crippen molar-refractivity contribution in [3.63, 3.8) is 0 Å². The molecule has 1 saturated heterocycles. The summed E-state index contributed by atoms with van der Waals surface area (Å²) in [7, 11) is 0. The molecule has 92 valence electrons. The highest BCUT2D eigenvalue weighted by molar-refractivity contribution is 6.30. The number of nitrogens with two attached hydrogens (primary N) is 1. The minimum absolute atomic E-state index is 0.00773. The first-order valence-electron chi connectivity index (χ1n) is 6.07. The number of benzene rings is 1. The molecule has 3 unspecified atom stereocenters. The first kappa shape index (κ1) is 11.3. The third-order valence-electron chi connectivity index (χ3n) is 3.52. The van der Waals surface area contributed by atoms with Crippen LogP contribution in [0.4, 0.5) is 0 Å².